The fraction of sp³-hybridized carbons (Fsp3) is 0.600. The molecule has 0 aromatic heterocycles. The minimum absolute atomic E-state index is 0.411. The van der Waals surface area contributed by atoms with Crippen molar-refractivity contribution in [2.45, 2.75) is 44.5 Å². The number of alkyl halides is 1. The molecule has 0 spiro atoms. The van der Waals surface area contributed by atoms with E-state index in [4.69, 9.17) is 11.6 Å². The summed E-state index contributed by atoms with van der Waals surface area (Å²) in [5, 5.41) is 3.99. The van der Waals surface area contributed by atoms with Crippen molar-refractivity contribution in [2.75, 3.05) is 6.54 Å². The molecule has 94 valence electrons. The van der Waals surface area contributed by atoms with Crippen LogP contribution in [0.2, 0.25) is 0 Å². The van der Waals surface area contributed by atoms with Crippen molar-refractivity contribution < 1.29 is 0 Å². The largest absolute Gasteiger partial charge is 0.312 e. The number of hydrogen-bond donors (Lipinski definition) is 1. The van der Waals surface area contributed by atoms with Crippen molar-refractivity contribution in [1.29, 1.82) is 0 Å². The minimum atomic E-state index is 0.411. The number of aryl methyl sites for hydroxylation is 1. The molecule has 1 aliphatic carbocycles. The van der Waals surface area contributed by atoms with Gasteiger partial charge in [0.15, 0.2) is 0 Å². The zero-order valence-electron chi connectivity index (χ0n) is 10.6. The van der Waals surface area contributed by atoms with Crippen LogP contribution in [0.25, 0.3) is 0 Å². The van der Waals surface area contributed by atoms with Crippen LogP contribution in [-0.4, -0.2) is 11.9 Å². The Morgan fingerprint density at radius 2 is 2.12 bits per heavy atom. The third kappa shape index (κ3) is 4.01. The molecule has 2 atom stereocenters. The molecule has 1 fully saturated rings. The van der Waals surface area contributed by atoms with Crippen molar-refractivity contribution in [3.8, 4) is 0 Å². The summed E-state index contributed by atoms with van der Waals surface area (Å²) >= 11 is 6.20. The van der Waals surface area contributed by atoms with Gasteiger partial charge in [-0.2, -0.15) is 0 Å². The van der Waals surface area contributed by atoms with Crippen molar-refractivity contribution in [1.82, 2.24) is 5.32 Å². The third-order valence-electron chi connectivity index (χ3n) is 3.73. The van der Waals surface area contributed by atoms with Gasteiger partial charge in [0.1, 0.15) is 0 Å². The predicted octanol–water partition coefficient (Wildman–Crippen LogP) is 3.88. The molecule has 0 heterocycles. The standard InChI is InChI=1S/C15H22ClN/c1-12-5-2-3-7-14(12)11-17-10-13-6-4-8-15(16)9-13/h2-3,5,7,13,15,17H,4,6,8-11H2,1H3. The van der Waals surface area contributed by atoms with Crippen molar-refractivity contribution >= 4 is 11.6 Å². The number of benzene rings is 1. The lowest BCUT2D eigenvalue weighted by Gasteiger charge is -2.25. The van der Waals surface area contributed by atoms with Gasteiger partial charge in [0.05, 0.1) is 0 Å². The molecule has 2 unspecified atom stereocenters. The minimum Gasteiger partial charge on any atom is -0.312 e. The highest BCUT2D eigenvalue weighted by Gasteiger charge is 2.19. The lowest BCUT2D eigenvalue weighted by atomic mass is 9.89. The van der Waals surface area contributed by atoms with Gasteiger partial charge in [-0.1, -0.05) is 30.7 Å². The molecule has 1 nitrogen and oxygen atoms in total. The molecule has 0 aliphatic heterocycles. The van der Waals surface area contributed by atoms with E-state index in [-0.39, 0.29) is 0 Å². The third-order valence-corrected chi connectivity index (χ3v) is 4.12. The van der Waals surface area contributed by atoms with Crippen LogP contribution < -0.4 is 5.32 Å². The van der Waals surface area contributed by atoms with Gasteiger partial charge in [0, 0.05) is 11.9 Å². The van der Waals surface area contributed by atoms with E-state index in [1.807, 2.05) is 0 Å². The SMILES string of the molecule is Cc1ccccc1CNCC1CCCC(Cl)C1. The summed E-state index contributed by atoms with van der Waals surface area (Å²) < 4.78 is 0. The molecule has 1 saturated carbocycles. The Balaban J connectivity index is 1.74. The highest BCUT2D eigenvalue weighted by atomic mass is 35.5. The van der Waals surface area contributed by atoms with E-state index < -0.39 is 0 Å². The highest BCUT2D eigenvalue weighted by molar-refractivity contribution is 6.20. The number of rotatable bonds is 4. The van der Waals surface area contributed by atoms with Crippen LogP contribution in [0.4, 0.5) is 0 Å². The van der Waals surface area contributed by atoms with Crippen molar-refractivity contribution in [2.24, 2.45) is 5.92 Å². The molecule has 0 amide bonds. The molecule has 1 N–H and O–H groups in total. The summed E-state index contributed by atoms with van der Waals surface area (Å²) in [6.45, 7) is 4.26. The molecule has 0 saturated heterocycles. The van der Waals surface area contributed by atoms with Gasteiger partial charge in [-0.05, 0) is 49.8 Å². The molecule has 1 aromatic carbocycles. The Morgan fingerprint density at radius 1 is 1.29 bits per heavy atom. The summed E-state index contributed by atoms with van der Waals surface area (Å²) in [5.41, 5.74) is 2.78. The predicted molar refractivity (Wildman–Crippen MR) is 74.5 cm³/mol. The van der Waals surface area contributed by atoms with E-state index >= 15 is 0 Å². The zero-order valence-corrected chi connectivity index (χ0v) is 11.3. The highest BCUT2D eigenvalue weighted by Crippen LogP contribution is 2.27. The number of nitrogens with one attached hydrogen (secondary N) is 1. The molecule has 0 bridgehead atoms. The van der Waals surface area contributed by atoms with Crippen molar-refractivity contribution in [3.63, 3.8) is 0 Å². The maximum Gasteiger partial charge on any atom is 0.0339 e. The summed E-state index contributed by atoms with van der Waals surface area (Å²) in [5.74, 6) is 0.773. The zero-order chi connectivity index (χ0) is 12.1. The van der Waals surface area contributed by atoms with Crippen LogP contribution in [0.3, 0.4) is 0 Å². The fourth-order valence-corrected chi connectivity index (χ4v) is 3.04. The van der Waals surface area contributed by atoms with Crippen LogP contribution in [0.5, 0.6) is 0 Å². The lowest BCUT2D eigenvalue weighted by molar-refractivity contribution is 0.346. The van der Waals surface area contributed by atoms with Gasteiger partial charge in [0.25, 0.3) is 0 Å². The topological polar surface area (TPSA) is 12.0 Å². The number of hydrogen-bond acceptors (Lipinski definition) is 1. The maximum absolute atomic E-state index is 6.20. The van der Waals surface area contributed by atoms with E-state index in [1.165, 1.54) is 36.8 Å². The maximum atomic E-state index is 6.20. The number of halogens is 1. The quantitative estimate of drug-likeness (QED) is 0.801. The first-order valence-corrected chi connectivity index (χ1v) is 7.08. The smallest absolute Gasteiger partial charge is 0.0339 e. The van der Waals surface area contributed by atoms with Gasteiger partial charge < -0.3 is 5.32 Å². The van der Waals surface area contributed by atoms with E-state index in [1.54, 1.807) is 0 Å². The summed E-state index contributed by atoms with van der Waals surface area (Å²) in [7, 11) is 0. The molecular formula is C15H22ClN. The second-order valence-corrected chi connectivity index (χ2v) is 5.80. The first-order chi connectivity index (χ1) is 8.25. The molecule has 17 heavy (non-hydrogen) atoms. The molecule has 2 rings (SSSR count). The molecule has 2 heteroatoms. The Bertz CT molecular complexity index is 351. The Morgan fingerprint density at radius 3 is 2.88 bits per heavy atom. The van der Waals surface area contributed by atoms with Gasteiger partial charge in [0.2, 0.25) is 0 Å². The second kappa shape index (κ2) is 6.42. The van der Waals surface area contributed by atoms with Crippen LogP contribution in [0, 0.1) is 12.8 Å². The lowest BCUT2D eigenvalue weighted by Crippen LogP contribution is -2.27. The van der Waals surface area contributed by atoms with Crippen molar-refractivity contribution in [3.05, 3.63) is 35.4 Å². The summed E-state index contributed by atoms with van der Waals surface area (Å²) in [4.78, 5) is 0. The Hall–Kier alpha value is -0.530. The summed E-state index contributed by atoms with van der Waals surface area (Å²) in [6, 6.07) is 8.58. The fourth-order valence-electron chi connectivity index (χ4n) is 2.63. The summed E-state index contributed by atoms with van der Waals surface area (Å²) in [6.07, 6.45) is 5.02. The Kier molecular flexibility index (Phi) is 4.87. The molecule has 1 aromatic rings. The van der Waals surface area contributed by atoms with E-state index in [2.05, 4.69) is 36.5 Å². The Labute approximate surface area is 110 Å². The normalized spacial score (nSPS) is 24.8. The second-order valence-electron chi connectivity index (χ2n) is 5.19. The molecule has 0 radical (unpaired) electrons. The molecule has 1 aliphatic rings. The van der Waals surface area contributed by atoms with Gasteiger partial charge in [-0.15, -0.1) is 11.6 Å². The first-order valence-electron chi connectivity index (χ1n) is 6.65. The van der Waals surface area contributed by atoms with E-state index in [0.29, 0.717) is 5.38 Å². The van der Waals surface area contributed by atoms with Gasteiger partial charge >= 0.3 is 0 Å². The van der Waals surface area contributed by atoms with E-state index in [0.717, 1.165) is 19.0 Å². The van der Waals surface area contributed by atoms with Crippen LogP contribution >= 0.6 is 11.6 Å². The van der Waals surface area contributed by atoms with Crippen LogP contribution in [0.15, 0.2) is 24.3 Å². The average molecular weight is 252 g/mol. The van der Waals surface area contributed by atoms with Gasteiger partial charge in [-0.3, -0.25) is 0 Å². The first kappa shape index (κ1) is 12.9. The monoisotopic (exact) mass is 251 g/mol. The molecular weight excluding hydrogens is 230 g/mol. The van der Waals surface area contributed by atoms with Crippen LogP contribution in [0.1, 0.15) is 36.8 Å². The van der Waals surface area contributed by atoms with Gasteiger partial charge in [-0.25, -0.2) is 0 Å². The van der Waals surface area contributed by atoms with E-state index in [9.17, 15) is 0 Å². The van der Waals surface area contributed by atoms with Crippen LogP contribution in [-0.2, 0) is 6.54 Å². The average Bonchev–Trinajstić information content (AvgIpc) is 2.32.